The van der Waals surface area contributed by atoms with Crippen molar-refractivity contribution in [2.75, 3.05) is 36.2 Å². The molecule has 0 unspecified atom stereocenters. The Bertz CT molecular complexity index is 1390. The average Bonchev–Trinajstić information content (AvgIpc) is 2.94. The molecule has 4 aromatic rings. The summed E-state index contributed by atoms with van der Waals surface area (Å²) in [5, 5.41) is 18.9. The molecule has 0 saturated carbocycles. The summed E-state index contributed by atoms with van der Waals surface area (Å²) in [5.74, 6) is -0.457. The minimum Gasteiger partial charge on any atom is -0.478 e. The number of nitrogens with two attached hydrogens (primary N) is 3. The van der Waals surface area contributed by atoms with Crippen molar-refractivity contribution >= 4 is 34.4 Å². The highest BCUT2D eigenvalue weighted by molar-refractivity contribution is 5.94. The molecule has 0 spiro atoms. The molecular formula is C33H43N5O4. The molecule has 0 aliphatic heterocycles. The molecule has 224 valence electrons. The minimum absolute atomic E-state index is 0.0231. The van der Waals surface area contributed by atoms with E-state index in [4.69, 9.17) is 22.3 Å². The number of aromatic carboxylic acids is 1. The minimum atomic E-state index is -0.980. The van der Waals surface area contributed by atoms with Gasteiger partial charge in [0.25, 0.3) is 5.69 Å². The second-order valence-corrected chi connectivity index (χ2v) is 10.1. The smallest absolute Gasteiger partial charge is 0.337 e. The van der Waals surface area contributed by atoms with Crippen LogP contribution in [-0.4, -0.2) is 30.1 Å². The van der Waals surface area contributed by atoms with Gasteiger partial charge in [-0.15, -0.1) is 0 Å². The first-order chi connectivity index (χ1) is 19.7. The molecule has 4 aromatic carbocycles. The molecule has 0 saturated heterocycles. The maximum Gasteiger partial charge on any atom is 0.337 e. The van der Waals surface area contributed by atoms with Gasteiger partial charge in [0.1, 0.15) is 5.69 Å². The molecule has 0 atom stereocenters. The lowest BCUT2D eigenvalue weighted by Gasteiger charge is -2.10. The fourth-order valence-electron chi connectivity index (χ4n) is 3.62. The largest absolute Gasteiger partial charge is 0.478 e. The third-order valence-corrected chi connectivity index (χ3v) is 6.30. The standard InChI is InChI=1S/C10H15N.C8H9NO2.C8H11N.C7H8N2O2/c1-7(2)9-6-4-5-8(3)10(9)11;1-5-3-2-4-6(7(5)9)8(10)11;1-9(2)8-6-4-3-5-7-8;1-5-3-2-4-6(7(5)8)9(10)11/h4-7H,11H2,1-3H3;2-4H,9H2,1H3,(H,10,11);3-7H,1-2H3;2-4H,8H2,1H3. The highest BCUT2D eigenvalue weighted by atomic mass is 16.6. The zero-order chi connectivity index (χ0) is 32.0. The van der Waals surface area contributed by atoms with Crippen LogP contribution in [0.1, 0.15) is 52.4 Å². The van der Waals surface area contributed by atoms with E-state index in [9.17, 15) is 14.9 Å². The number of hydrogen-bond donors (Lipinski definition) is 4. The summed E-state index contributed by atoms with van der Waals surface area (Å²) in [6.45, 7) is 9.88. The number of carboxylic acid groups (broad SMARTS) is 1. The van der Waals surface area contributed by atoms with Gasteiger partial charge in [0.15, 0.2) is 0 Å². The van der Waals surface area contributed by atoms with Crippen molar-refractivity contribution in [3.8, 4) is 0 Å². The van der Waals surface area contributed by atoms with Gasteiger partial charge in [-0.3, -0.25) is 10.1 Å². The SMILES string of the molecule is CN(C)c1ccccc1.Cc1cccc(C(=O)O)c1N.Cc1cccc(C(C)C)c1N.Cc1cccc([N+](=O)[O-])c1N. The van der Waals surface area contributed by atoms with Crippen LogP contribution >= 0.6 is 0 Å². The quantitative estimate of drug-likeness (QED) is 0.113. The number of carboxylic acids is 1. The van der Waals surface area contributed by atoms with Crippen LogP contribution in [-0.2, 0) is 0 Å². The molecule has 9 heteroatoms. The Kier molecular flexibility index (Phi) is 14.1. The Morgan fingerprint density at radius 1 is 0.738 bits per heavy atom. The van der Waals surface area contributed by atoms with Gasteiger partial charge in [-0.1, -0.05) is 74.5 Å². The summed E-state index contributed by atoms with van der Waals surface area (Å²) in [6, 6.07) is 26.1. The van der Waals surface area contributed by atoms with Crippen LogP contribution in [0.5, 0.6) is 0 Å². The van der Waals surface area contributed by atoms with Gasteiger partial charge < -0.3 is 27.2 Å². The van der Waals surface area contributed by atoms with Crippen LogP contribution in [0.25, 0.3) is 0 Å². The monoisotopic (exact) mass is 573 g/mol. The van der Waals surface area contributed by atoms with Gasteiger partial charge in [-0.2, -0.15) is 0 Å². The Hall–Kier alpha value is -5.05. The number of carbonyl (C=O) groups is 1. The molecule has 0 heterocycles. The van der Waals surface area contributed by atoms with E-state index in [-0.39, 0.29) is 16.9 Å². The molecule has 42 heavy (non-hydrogen) atoms. The first-order valence-electron chi connectivity index (χ1n) is 13.3. The topological polar surface area (TPSA) is 162 Å². The second-order valence-electron chi connectivity index (χ2n) is 10.1. The molecular weight excluding hydrogens is 530 g/mol. The van der Waals surface area contributed by atoms with Crippen LogP contribution in [0.15, 0.2) is 84.9 Å². The number of nitro benzene ring substituents is 1. The third-order valence-electron chi connectivity index (χ3n) is 6.30. The van der Waals surface area contributed by atoms with Crippen molar-refractivity contribution in [3.05, 3.63) is 123 Å². The van der Waals surface area contributed by atoms with Crippen LogP contribution < -0.4 is 22.1 Å². The van der Waals surface area contributed by atoms with Crippen LogP contribution in [0.4, 0.5) is 28.4 Å². The molecule has 0 bridgehead atoms. The molecule has 7 N–H and O–H groups in total. The van der Waals surface area contributed by atoms with E-state index < -0.39 is 10.9 Å². The van der Waals surface area contributed by atoms with Gasteiger partial charge >= 0.3 is 5.97 Å². The lowest BCUT2D eigenvalue weighted by atomic mass is 9.99. The van der Waals surface area contributed by atoms with Crippen LogP contribution in [0.2, 0.25) is 0 Å². The maximum absolute atomic E-state index is 10.5. The zero-order valence-electron chi connectivity index (χ0n) is 25.5. The van der Waals surface area contributed by atoms with E-state index >= 15 is 0 Å². The molecule has 0 aliphatic rings. The van der Waals surface area contributed by atoms with Gasteiger partial charge in [-0.05, 0) is 67.1 Å². The number of para-hydroxylation sites is 4. The van der Waals surface area contributed by atoms with E-state index in [2.05, 4.69) is 43.0 Å². The molecule has 4 rings (SSSR count). The van der Waals surface area contributed by atoms with Gasteiger partial charge in [0, 0.05) is 37.2 Å². The number of hydrogen-bond acceptors (Lipinski definition) is 7. The highest BCUT2D eigenvalue weighted by Gasteiger charge is 2.11. The molecule has 0 amide bonds. The summed E-state index contributed by atoms with van der Waals surface area (Å²) in [5.41, 5.74) is 23.7. The van der Waals surface area contributed by atoms with E-state index in [1.54, 1.807) is 38.1 Å². The Labute approximate surface area is 248 Å². The number of nitro groups is 1. The van der Waals surface area contributed by atoms with E-state index in [0.29, 0.717) is 11.6 Å². The van der Waals surface area contributed by atoms with Crippen molar-refractivity contribution in [2.24, 2.45) is 0 Å². The third kappa shape index (κ3) is 10.8. The van der Waals surface area contributed by atoms with Crippen molar-refractivity contribution in [1.82, 2.24) is 0 Å². The number of benzene rings is 4. The molecule has 9 nitrogen and oxygen atoms in total. The lowest BCUT2D eigenvalue weighted by molar-refractivity contribution is -0.383. The second kappa shape index (κ2) is 16.9. The number of nitrogen functional groups attached to an aromatic ring is 3. The predicted molar refractivity (Wildman–Crippen MR) is 175 cm³/mol. The van der Waals surface area contributed by atoms with Crippen molar-refractivity contribution in [3.63, 3.8) is 0 Å². The van der Waals surface area contributed by atoms with E-state index in [0.717, 1.165) is 16.8 Å². The van der Waals surface area contributed by atoms with E-state index in [1.165, 1.54) is 28.9 Å². The normalized spacial score (nSPS) is 9.71. The van der Waals surface area contributed by atoms with Crippen LogP contribution in [0, 0.1) is 30.9 Å². The van der Waals surface area contributed by atoms with Gasteiger partial charge in [0.05, 0.1) is 10.5 Å². The van der Waals surface area contributed by atoms with Crippen LogP contribution in [0.3, 0.4) is 0 Å². The predicted octanol–water partition coefficient (Wildman–Crippen LogP) is 7.21. The fourth-order valence-corrected chi connectivity index (χ4v) is 3.62. The average molecular weight is 574 g/mol. The summed E-state index contributed by atoms with van der Waals surface area (Å²) < 4.78 is 0. The van der Waals surface area contributed by atoms with Crippen molar-refractivity contribution in [1.29, 1.82) is 0 Å². The van der Waals surface area contributed by atoms with Gasteiger partial charge in [-0.25, -0.2) is 4.79 Å². The number of aryl methyl sites for hydroxylation is 3. The molecule has 0 aliphatic carbocycles. The van der Waals surface area contributed by atoms with Gasteiger partial charge in [0.2, 0.25) is 0 Å². The van der Waals surface area contributed by atoms with E-state index in [1.807, 2.05) is 45.3 Å². The molecule has 0 aromatic heterocycles. The van der Waals surface area contributed by atoms with Crippen molar-refractivity contribution < 1.29 is 14.8 Å². The summed E-state index contributed by atoms with van der Waals surface area (Å²) in [4.78, 5) is 22.4. The Morgan fingerprint density at radius 3 is 1.60 bits per heavy atom. The number of rotatable bonds is 4. The number of anilines is 4. The van der Waals surface area contributed by atoms with Crippen molar-refractivity contribution in [2.45, 2.75) is 40.5 Å². The summed E-state index contributed by atoms with van der Waals surface area (Å²) in [7, 11) is 4.07. The zero-order valence-corrected chi connectivity index (χ0v) is 25.5. The first kappa shape index (κ1) is 35.0. The summed E-state index contributed by atoms with van der Waals surface area (Å²) >= 11 is 0. The molecule has 0 radical (unpaired) electrons. The Balaban J connectivity index is 0.000000281. The highest BCUT2D eigenvalue weighted by Crippen LogP contribution is 2.24. The maximum atomic E-state index is 10.5. The fraction of sp³-hybridized carbons (Fsp3) is 0.242. The Morgan fingerprint density at radius 2 is 1.21 bits per heavy atom. The summed E-state index contributed by atoms with van der Waals surface area (Å²) in [6.07, 6.45) is 0. The lowest BCUT2D eigenvalue weighted by Crippen LogP contribution is -2.07. The number of nitrogens with zero attached hydrogens (tertiary/aromatic N) is 2. The molecule has 0 fully saturated rings. The first-order valence-corrected chi connectivity index (χ1v) is 13.3.